The predicted molar refractivity (Wildman–Crippen MR) is 76.7 cm³/mol. The Morgan fingerprint density at radius 2 is 2.05 bits per heavy atom. The fraction of sp³-hybridized carbons (Fsp3) is 0.467. The van der Waals surface area contributed by atoms with E-state index in [1.807, 2.05) is 24.3 Å². The smallest absolute Gasteiger partial charge is 0.414 e. The maximum absolute atomic E-state index is 11.8. The van der Waals surface area contributed by atoms with Crippen LogP contribution in [0.3, 0.4) is 0 Å². The number of hydrogen-bond donors (Lipinski definition) is 1. The highest BCUT2D eigenvalue weighted by Gasteiger charge is 2.32. The minimum atomic E-state index is -0.356. The first-order chi connectivity index (χ1) is 9.63. The van der Waals surface area contributed by atoms with Crippen molar-refractivity contribution in [2.45, 2.75) is 32.8 Å². The molecule has 0 bridgehead atoms. The Morgan fingerprint density at radius 1 is 1.35 bits per heavy atom. The number of carbonyl (C=O) groups excluding carboxylic acids is 2. The van der Waals surface area contributed by atoms with Gasteiger partial charge in [0.05, 0.1) is 13.1 Å². The molecule has 0 saturated carbocycles. The van der Waals surface area contributed by atoms with Gasteiger partial charge in [-0.1, -0.05) is 26.0 Å². The van der Waals surface area contributed by atoms with Gasteiger partial charge in [-0.3, -0.25) is 9.69 Å². The number of nitrogens with one attached hydrogen (secondary N) is 1. The second-order valence-electron chi connectivity index (χ2n) is 4.79. The van der Waals surface area contributed by atoms with Crippen LogP contribution in [0.15, 0.2) is 24.3 Å². The summed E-state index contributed by atoms with van der Waals surface area (Å²) in [5, 5.41) is 2.74. The van der Waals surface area contributed by atoms with Crippen molar-refractivity contribution >= 4 is 17.7 Å². The summed E-state index contributed by atoms with van der Waals surface area (Å²) in [6.07, 6.45) is 0.757. The van der Waals surface area contributed by atoms with Gasteiger partial charge in [0, 0.05) is 12.1 Å². The van der Waals surface area contributed by atoms with Gasteiger partial charge in [0.2, 0.25) is 5.91 Å². The fourth-order valence-corrected chi connectivity index (χ4v) is 2.10. The SMILES string of the molecule is CCC(=O)NCC1CN(c2ccc(CC)cc2)C(=O)O1. The Labute approximate surface area is 118 Å². The first-order valence-corrected chi connectivity index (χ1v) is 6.97. The summed E-state index contributed by atoms with van der Waals surface area (Å²) in [7, 11) is 0. The number of cyclic esters (lactones) is 1. The van der Waals surface area contributed by atoms with Gasteiger partial charge >= 0.3 is 6.09 Å². The van der Waals surface area contributed by atoms with E-state index in [1.54, 1.807) is 11.8 Å². The first kappa shape index (κ1) is 14.4. The molecule has 1 saturated heterocycles. The Kier molecular flexibility index (Phi) is 4.61. The average molecular weight is 276 g/mol. The molecule has 1 aliphatic heterocycles. The molecule has 1 unspecified atom stereocenters. The van der Waals surface area contributed by atoms with Crippen LogP contribution >= 0.6 is 0 Å². The number of rotatable bonds is 5. The number of ether oxygens (including phenoxy) is 1. The average Bonchev–Trinajstić information content (AvgIpc) is 2.86. The predicted octanol–water partition coefficient (Wildman–Crippen LogP) is 2.10. The number of benzene rings is 1. The van der Waals surface area contributed by atoms with Gasteiger partial charge in [0.25, 0.3) is 0 Å². The highest BCUT2D eigenvalue weighted by molar-refractivity contribution is 5.89. The van der Waals surface area contributed by atoms with Crippen LogP contribution in [0.25, 0.3) is 0 Å². The van der Waals surface area contributed by atoms with Crippen molar-refractivity contribution in [2.24, 2.45) is 0 Å². The van der Waals surface area contributed by atoms with Gasteiger partial charge in [-0.15, -0.1) is 0 Å². The van der Waals surface area contributed by atoms with Crippen molar-refractivity contribution < 1.29 is 14.3 Å². The molecule has 1 fully saturated rings. The minimum Gasteiger partial charge on any atom is -0.442 e. The first-order valence-electron chi connectivity index (χ1n) is 6.97. The van der Waals surface area contributed by atoms with E-state index in [1.165, 1.54) is 5.56 Å². The molecule has 5 nitrogen and oxygen atoms in total. The highest BCUT2D eigenvalue weighted by Crippen LogP contribution is 2.22. The van der Waals surface area contributed by atoms with Gasteiger partial charge in [0.1, 0.15) is 6.10 Å². The molecule has 1 N–H and O–H groups in total. The quantitative estimate of drug-likeness (QED) is 0.896. The molecule has 5 heteroatoms. The summed E-state index contributed by atoms with van der Waals surface area (Å²) < 4.78 is 5.25. The Hall–Kier alpha value is -2.04. The van der Waals surface area contributed by atoms with Gasteiger partial charge in [0.15, 0.2) is 0 Å². The second-order valence-corrected chi connectivity index (χ2v) is 4.79. The minimum absolute atomic E-state index is 0.0354. The van der Waals surface area contributed by atoms with Crippen molar-refractivity contribution in [2.75, 3.05) is 18.0 Å². The molecule has 2 rings (SSSR count). The lowest BCUT2D eigenvalue weighted by Crippen LogP contribution is -2.34. The maximum atomic E-state index is 11.8. The summed E-state index contributed by atoms with van der Waals surface area (Å²) in [5.41, 5.74) is 2.06. The lowest BCUT2D eigenvalue weighted by Gasteiger charge is -2.13. The van der Waals surface area contributed by atoms with E-state index in [2.05, 4.69) is 12.2 Å². The standard InChI is InChI=1S/C15H20N2O3/c1-3-11-5-7-12(8-6-11)17-10-13(20-15(17)19)9-16-14(18)4-2/h5-8,13H,3-4,9-10H2,1-2H3,(H,16,18). The summed E-state index contributed by atoms with van der Waals surface area (Å²) in [4.78, 5) is 24.7. The summed E-state index contributed by atoms with van der Waals surface area (Å²) in [6, 6.07) is 7.86. The maximum Gasteiger partial charge on any atom is 0.414 e. The van der Waals surface area contributed by atoms with Crippen molar-refractivity contribution in [3.8, 4) is 0 Å². The van der Waals surface area contributed by atoms with Gasteiger partial charge in [-0.2, -0.15) is 0 Å². The zero-order chi connectivity index (χ0) is 14.5. The van der Waals surface area contributed by atoms with Crippen molar-refractivity contribution in [3.05, 3.63) is 29.8 Å². The monoisotopic (exact) mass is 276 g/mol. The van der Waals surface area contributed by atoms with Crippen molar-refractivity contribution in [1.82, 2.24) is 5.32 Å². The fourth-order valence-electron chi connectivity index (χ4n) is 2.10. The molecule has 1 aliphatic rings. The van der Waals surface area contributed by atoms with Crippen molar-refractivity contribution in [3.63, 3.8) is 0 Å². The third-order valence-corrected chi connectivity index (χ3v) is 3.38. The molecule has 1 heterocycles. The molecule has 0 spiro atoms. The van der Waals surface area contributed by atoms with Crippen LogP contribution in [-0.2, 0) is 16.0 Å². The van der Waals surface area contributed by atoms with Gasteiger partial charge < -0.3 is 10.1 Å². The van der Waals surface area contributed by atoms with E-state index in [0.717, 1.165) is 12.1 Å². The van der Waals surface area contributed by atoms with E-state index >= 15 is 0 Å². The van der Waals surface area contributed by atoms with Crippen LogP contribution in [0.1, 0.15) is 25.8 Å². The molecular weight excluding hydrogens is 256 g/mol. The van der Waals surface area contributed by atoms with Crippen LogP contribution in [0, 0.1) is 0 Å². The number of hydrogen-bond acceptors (Lipinski definition) is 3. The number of anilines is 1. The highest BCUT2D eigenvalue weighted by atomic mass is 16.6. The normalized spacial score (nSPS) is 18.0. The molecule has 2 amide bonds. The van der Waals surface area contributed by atoms with Crippen LogP contribution in [0.5, 0.6) is 0 Å². The lowest BCUT2D eigenvalue weighted by molar-refractivity contribution is -0.121. The molecule has 0 aliphatic carbocycles. The number of amides is 2. The van der Waals surface area contributed by atoms with Gasteiger partial charge in [-0.25, -0.2) is 4.79 Å². The molecule has 0 radical (unpaired) electrons. The second kappa shape index (κ2) is 6.41. The Balaban J connectivity index is 1.96. The van der Waals surface area contributed by atoms with Crippen LogP contribution in [0.4, 0.5) is 10.5 Å². The molecule has 108 valence electrons. The Morgan fingerprint density at radius 3 is 2.65 bits per heavy atom. The van der Waals surface area contributed by atoms with E-state index in [9.17, 15) is 9.59 Å². The molecule has 0 aromatic heterocycles. The molecule has 1 aromatic carbocycles. The number of aryl methyl sites for hydroxylation is 1. The van der Waals surface area contributed by atoms with Crippen LogP contribution < -0.4 is 10.2 Å². The van der Waals surface area contributed by atoms with E-state index in [0.29, 0.717) is 19.5 Å². The molecular formula is C15H20N2O3. The molecule has 1 aromatic rings. The van der Waals surface area contributed by atoms with Crippen LogP contribution in [-0.4, -0.2) is 31.2 Å². The lowest BCUT2D eigenvalue weighted by atomic mass is 10.1. The number of nitrogens with zero attached hydrogens (tertiary/aromatic N) is 1. The summed E-state index contributed by atoms with van der Waals surface area (Å²) in [6.45, 7) is 4.71. The third kappa shape index (κ3) is 3.29. The van der Waals surface area contributed by atoms with Crippen LogP contribution in [0.2, 0.25) is 0 Å². The third-order valence-electron chi connectivity index (χ3n) is 3.38. The number of carbonyl (C=O) groups is 2. The van der Waals surface area contributed by atoms with E-state index < -0.39 is 0 Å². The molecule has 1 atom stereocenters. The van der Waals surface area contributed by atoms with Crippen molar-refractivity contribution in [1.29, 1.82) is 0 Å². The summed E-state index contributed by atoms with van der Waals surface area (Å²) in [5.74, 6) is -0.0354. The largest absolute Gasteiger partial charge is 0.442 e. The van der Waals surface area contributed by atoms with E-state index in [4.69, 9.17) is 4.74 Å². The molecule has 20 heavy (non-hydrogen) atoms. The topological polar surface area (TPSA) is 58.6 Å². The summed E-state index contributed by atoms with van der Waals surface area (Å²) >= 11 is 0. The van der Waals surface area contributed by atoms with Gasteiger partial charge in [-0.05, 0) is 24.1 Å². The zero-order valence-electron chi connectivity index (χ0n) is 11.9. The van der Waals surface area contributed by atoms with E-state index in [-0.39, 0.29) is 18.1 Å². The Bertz CT molecular complexity index is 484. The zero-order valence-corrected chi connectivity index (χ0v) is 11.9.